The van der Waals surface area contributed by atoms with Gasteiger partial charge in [0.05, 0.1) is 19.4 Å². The molecule has 0 aromatic heterocycles. The second kappa shape index (κ2) is 10.8. The molecule has 2 aromatic carbocycles. The lowest BCUT2D eigenvalue weighted by Crippen LogP contribution is -2.60. The monoisotopic (exact) mass is 533 g/mol. The number of anilines is 1. The van der Waals surface area contributed by atoms with E-state index in [1.807, 2.05) is 0 Å². The van der Waals surface area contributed by atoms with Crippen molar-refractivity contribution >= 4 is 23.6 Å². The number of amides is 1. The summed E-state index contributed by atoms with van der Waals surface area (Å²) in [5.74, 6) is -2.66. The van der Waals surface area contributed by atoms with Crippen LogP contribution in [-0.4, -0.2) is 98.1 Å². The number of carboxylic acid groups (broad SMARTS) is 1. The van der Waals surface area contributed by atoms with Crippen LogP contribution in [0.4, 0.5) is 5.69 Å². The lowest BCUT2D eigenvalue weighted by molar-refractivity contribution is -0.277. The number of aliphatic hydroxyl groups excluding tert-OH is 4. The number of phenols is 2. The number of methoxy groups -OCH3 is 1. The molecule has 7 N–H and O–H groups in total. The maximum Gasteiger partial charge on any atom is 0.327 e. The van der Waals surface area contributed by atoms with Gasteiger partial charge in [0.1, 0.15) is 30.5 Å². The molecule has 13 nitrogen and oxygen atoms in total. The molecule has 1 saturated heterocycles. The third-order valence-electron chi connectivity index (χ3n) is 6.38. The van der Waals surface area contributed by atoms with Crippen LogP contribution in [0.1, 0.15) is 11.1 Å². The average Bonchev–Trinajstić information content (AvgIpc) is 3.26. The first-order valence-electron chi connectivity index (χ1n) is 11.5. The first kappa shape index (κ1) is 27.2. The van der Waals surface area contributed by atoms with Gasteiger partial charge in [-0.1, -0.05) is 6.07 Å². The number of benzene rings is 2. The number of phenolic OH excluding ortho intramolecular Hbond substituents is 2. The van der Waals surface area contributed by atoms with Gasteiger partial charge in [0.15, 0.2) is 23.0 Å². The van der Waals surface area contributed by atoms with Crippen molar-refractivity contribution < 1.29 is 59.5 Å². The molecule has 6 atom stereocenters. The standard InChI is InChI=1S/C25H27NO12/c1-36-17-6-11(2-4-15(17)28)3-5-20(30)26-13-9-18(16(29)8-12(13)7-14(26)24(34)35)37-25-23(33)22(32)21(31)19(10-27)38-25/h2-6,8-9,14,19,21-23,25,27-29,31-33H,7,10H2,1H3,(H,34,35)/b5-3+/t14?,19-,21-,22+,23-,25-/m1/s1. The van der Waals surface area contributed by atoms with Gasteiger partial charge in [0.2, 0.25) is 6.29 Å². The van der Waals surface area contributed by atoms with Crippen molar-refractivity contribution in [1.29, 1.82) is 0 Å². The molecule has 1 fully saturated rings. The van der Waals surface area contributed by atoms with Gasteiger partial charge in [-0.2, -0.15) is 0 Å². The Morgan fingerprint density at radius 3 is 2.45 bits per heavy atom. The first-order chi connectivity index (χ1) is 18.0. The Labute approximate surface area is 216 Å². The van der Waals surface area contributed by atoms with Crippen LogP contribution in [0.15, 0.2) is 36.4 Å². The van der Waals surface area contributed by atoms with Crippen LogP contribution in [0.25, 0.3) is 6.08 Å². The highest BCUT2D eigenvalue weighted by Gasteiger charge is 2.45. The number of carboxylic acids is 1. The van der Waals surface area contributed by atoms with E-state index >= 15 is 0 Å². The average molecular weight is 533 g/mol. The van der Waals surface area contributed by atoms with Gasteiger partial charge in [-0.3, -0.25) is 9.69 Å². The SMILES string of the molecule is COc1cc(/C=C/C(=O)N2c3cc(O[C@@H]4O[C@H](CO)[C@@H](O)[C@H](O)[C@H]4O)c(O)cc3CC2C(=O)O)ccc1O. The van der Waals surface area contributed by atoms with Crippen molar-refractivity contribution in [3.8, 4) is 23.0 Å². The van der Waals surface area contributed by atoms with E-state index in [1.54, 1.807) is 0 Å². The Balaban J connectivity index is 1.63. The molecule has 0 bridgehead atoms. The predicted octanol–water partition coefficient (Wildman–Crippen LogP) is -0.659. The Bertz CT molecular complexity index is 1250. The van der Waals surface area contributed by atoms with Crippen LogP contribution in [0, 0.1) is 0 Å². The Kier molecular flexibility index (Phi) is 7.76. The molecule has 1 unspecified atom stereocenters. The van der Waals surface area contributed by atoms with Crippen LogP contribution in [-0.2, 0) is 20.7 Å². The summed E-state index contributed by atoms with van der Waals surface area (Å²) < 4.78 is 15.9. The minimum absolute atomic E-state index is 0.0953. The number of fused-ring (bicyclic) bond motifs is 1. The number of aliphatic carboxylic acids is 1. The van der Waals surface area contributed by atoms with Gasteiger partial charge >= 0.3 is 5.97 Å². The molecule has 2 aliphatic heterocycles. The molecular weight excluding hydrogens is 506 g/mol. The molecule has 0 saturated carbocycles. The largest absolute Gasteiger partial charge is 0.504 e. The van der Waals surface area contributed by atoms with Gasteiger partial charge < -0.3 is 50.0 Å². The molecule has 1 amide bonds. The zero-order valence-electron chi connectivity index (χ0n) is 20.0. The van der Waals surface area contributed by atoms with Gasteiger partial charge in [0.25, 0.3) is 5.91 Å². The number of ether oxygens (including phenoxy) is 3. The van der Waals surface area contributed by atoms with Gasteiger partial charge in [0, 0.05) is 18.6 Å². The molecule has 2 aromatic rings. The van der Waals surface area contributed by atoms with E-state index in [1.165, 1.54) is 43.5 Å². The molecule has 0 aliphatic carbocycles. The van der Waals surface area contributed by atoms with E-state index in [0.29, 0.717) is 11.1 Å². The van der Waals surface area contributed by atoms with E-state index in [-0.39, 0.29) is 29.4 Å². The van der Waals surface area contributed by atoms with Gasteiger partial charge in [-0.25, -0.2) is 4.79 Å². The fourth-order valence-electron chi connectivity index (χ4n) is 4.36. The lowest BCUT2D eigenvalue weighted by atomic mass is 9.99. The summed E-state index contributed by atoms with van der Waals surface area (Å²) in [5.41, 5.74) is 0.952. The van der Waals surface area contributed by atoms with Crippen LogP contribution in [0.5, 0.6) is 23.0 Å². The van der Waals surface area contributed by atoms with Crippen molar-refractivity contribution in [2.75, 3.05) is 18.6 Å². The molecule has 2 aliphatic rings. The Morgan fingerprint density at radius 1 is 1.05 bits per heavy atom. The highest BCUT2D eigenvalue weighted by molar-refractivity contribution is 6.09. The molecule has 0 radical (unpaired) electrons. The van der Waals surface area contributed by atoms with Crippen molar-refractivity contribution in [3.63, 3.8) is 0 Å². The van der Waals surface area contributed by atoms with Crippen molar-refractivity contribution in [3.05, 3.63) is 47.5 Å². The van der Waals surface area contributed by atoms with E-state index < -0.39 is 61.0 Å². The minimum atomic E-state index is -1.75. The van der Waals surface area contributed by atoms with E-state index in [9.17, 15) is 45.3 Å². The number of hydrogen-bond acceptors (Lipinski definition) is 11. The summed E-state index contributed by atoms with van der Waals surface area (Å²) in [6.45, 7) is -0.692. The number of hydrogen-bond donors (Lipinski definition) is 7. The zero-order valence-corrected chi connectivity index (χ0v) is 20.0. The summed E-state index contributed by atoms with van der Waals surface area (Å²) in [6, 6.07) is 5.50. The topological polar surface area (TPSA) is 207 Å². The molecular formula is C25H27NO12. The van der Waals surface area contributed by atoms with Crippen LogP contribution < -0.4 is 14.4 Å². The summed E-state index contributed by atoms with van der Waals surface area (Å²) in [7, 11) is 1.37. The van der Waals surface area contributed by atoms with E-state index in [4.69, 9.17) is 14.2 Å². The molecule has 2 heterocycles. The normalized spacial score (nSPS) is 26.8. The van der Waals surface area contributed by atoms with Gasteiger partial charge in [-0.05, 0) is 35.4 Å². The minimum Gasteiger partial charge on any atom is -0.504 e. The lowest BCUT2D eigenvalue weighted by Gasteiger charge is -2.39. The van der Waals surface area contributed by atoms with E-state index in [2.05, 4.69) is 0 Å². The number of aromatic hydroxyl groups is 2. The number of carbonyl (C=O) groups is 2. The fraction of sp³-hybridized carbons (Fsp3) is 0.360. The zero-order chi connectivity index (χ0) is 27.7. The maximum absolute atomic E-state index is 13.2. The fourth-order valence-corrected chi connectivity index (χ4v) is 4.36. The van der Waals surface area contributed by atoms with Crippen molar-refractivity contribution in [2.45, 2.75) is 43.2 Å². The van der Waals surface area contributed by atoms with Crippen molar-refractivity contribution in [1.82, 2.24) is 0 Å². The quantitative estimate of drug-likeness (QED) is 0.222. The molecule has 4 rings (SSSR count). The molecule has 13 heteroatoms. The summed E-state index contributed by atoms with van der Waals surface area (Å²) in [4.78, 5) is 26.1. The van der Waals surface area contributed by atoms with Crippen molar-refractivity contribution in [2.24, 2.45) is 0 Å². The molecule has 38 heavy (non-hydrogen) atoms. The third kappa shape index (κ3) is 5.10. The smallest absolute Gasteiger partial charge is 0.327 e. The Hall–Kier alpha value is -3.88. The molecule has 204 valence electrons. The third-order valence-corrected chi connectivity index (χ3v) is 6.38. The predicted molar refractivity (Wildman–Crippen MR) is 129 cm³/mol. The first-order valence-corrected chi connectivity index (χ1v) is 11.5. The summed E-state index contributed by atoms with van der Waals surface area (Å²) in [5, 5.41) is 69.6. The highest BCUT2D eigenvalue weighted by atomic mass is 16.7. The number of aliphatic hydroxyl groups is 4. The second-order valence-electron chi connectivity index (χ2n) is 8.79. The molecule has 0 spiro atoms. The maximum atomic E-state index is 13.2. The number of rotatable bonds is 7. The van der Waals surface area contributed by atoms with Gasteiger partial charge in [-0.15, -0.1) is 0 Å². The highest BCUT2D eigenvalue weighted by Crippen LogP contribution is 2.42. The van der Waals surface area contributed by atoms with E-state index in [0.717, 1.165) is 11.0 Å². The second-order valence-corrected chi connectivity index (χ2v) is 8.79. The van der Waals surface area contributed by atoms with Crippen LogP contribution >= 0.6 is 0 Å². The summed E-state index contributed by atoms with van der Waals surface area (Å²) in [6.07, 6.45) is -5.52. The van der Waals surface area contributed by atoms with Crippen LogP contribution in [0.2, 0.25) is 0 Å². The van der Waals surface area contributed by atoms with Crippen LogP contribution in [0.3, 0.4) is 0 Å². The Morgan fingerprint density at radius 2 is 1.79 bits per heavy atom. The summed E-state index contributed by atoms with van der Waals surface area (Å²) >= 11 is 0. The number of carbonyl (C=O) groups excluding carboxylic acids is 1. The number of nitrogens with zero attached hydrogens (tertiary/aromatic N) is 1.